The number of nitrogens with two attached hydrogens (primary N) is 1. The number of nitrogen functional groups attached to an aromatic ring is 1. The molecule has 0 bridgehead atoms. The van der Waals surface area contributed by atoms with Crippen molar-refractivity contribution in [2.75, 3.05) is 0 Å². The zero-order chi connectivity index (χ0) is 23.3. The molecule has 5 N–H and O–H groups in total. The maximum Gasteiger partial charge on any atom is 0.308 e. The number of hydrogen-bond donors (Lipinski definition) is 4. The number of carbonyl (C=O) groups excluding carboxylic acids is 1. The summed E-state index contributed by atoms with van der Waals surface area (Å²) in [7, 11) is 0. The van der Waals surface area contributed by atoms with Gasteiger partial charge in [-0.1, -0.05) is 30.3 Å². The third-order valence-corrected chi connectivity index (χ3v) is 5.26. The number of nitrogens with zero attached hydrogens (tertiary/aromatic N) is 1. The van der Waals surface area contributed by atoms with E-state index in [-0.39, 0.29) is 30.6 Å². The molecule has 0 unspecified atom stereocenters. The number of hydrogen-bond acceptors (Lipinski definition) is 4. The van der Waals surface area contributed by atoms with Crippen molar-refractivity contribution in [1.29, 1.82) is 5.41 Å². The van der Waals surface area contributed by atoms with Gasteiger partial charge < -0.3 is 21.4 Å². The van der Waals surface area contributed by atoms with Crippen LogP contribution in [0, 0.1) is 16.5 Å². The Balaban J connectivity index is 0.00000385. The van der Waals surface area contributed by atoms with E-state index in [0.717, 1.165) is 16.7 Å². The third kappa shape index (κ3) is 6.54. The first kappa shape index (κ1) is 25.4. The first-order valence-electron chi connectivity index (χ1n) is 10.0. The maximum absolute atomic E-state index is 12.7. The van der Waals surface area contributed by atoms with Crippen molar-refractivity contribution in [3.63, 3.8) is 0 Å². The number of benzene rings is 2. The highest BCUT2D eigenvalue weighted by molar-refractivity contribution is 5.95. The Bertz CT molecular complexity index is 1130. The Kier molecular flexibility index (Phi) is 8.53. The molecule has 0 saturated heterocycles. The summed E-state index contributed by atoms with van der Waals surface area (Å²) in [5.74, 6) is -2.35. The number of aromatic nitrogens is 1. The van der Waals surface area contributed by atoms with Gasteiger partial charge in [0.25, 0.3) is 5.91 Å². The molecule has 9 heteroatoms. The number of amidine groups is 1. The average Bonchev–Trinajstić information content (AvgIpc) is 2.78. The van der Waals surface area contributed by atoms with Crippen LogP contribution < -0.4 is 15.8 Å². The van der Waals surface area contributed by atoms with Crippen molar-refractivity contribution in [2.45, 2.75) is 19.4 Å². The number of pyridine rings is 1. The Morgan fingerprint density at radius 2 is 1.67 bits per heavy atom. The lowest BCUT2D eigenvalue weighted by Gasteiger charge is -2.22. The van der Waals surface area contributed by atoms with E-state index in [1.165, 1.54) is 12.4 Å². The van der Waals surface area contributed by atoms with E-state index >= 15 is 0 Å². The molecule has 0 spiro atoms. The number of carboxylic acids is 1. The fourth-order valence-corrected chi connectivity index (χ4v) is 3.41. The number of amides is 1. The van der Waals surface area contributed by atoms with Crippen LogP contribution in [0.4, 0.5) is 0 Å². The van der Waals surface area contributed by atoms with Crippen LogP contribution in [0.2, 0.25) is 0 Å². The summed E-state index contributed by atoms with van der Waals surface area (Å²) in [6, 6.07) is 16.4. The lowest BCUT2D eigenvalue weighted by molar-refractivity contribution is -0.605. The molecule has 0 aliphatic heterocycles. The standard InChI is InChI=1S/C24H24N4O4.ClH/c1-15(21(24(30)31)14-16-3-2-4-20(13-16)22(25)26)27-23(29)19-7-5-17(6-8-19)18-9-11-28(32)12-10-18;/h2-13,15,21H,14H2,1H3,(H3,25,26)(H,27,29)(H,30,31);1H/t15-,21-;/m1./s1. The Morgan fingerprint density at radius 1 is 1.06 bits per heavy atom. The fourth-order valence-electron chi connectivity index (χ4n) is 3.41. The summed E-state index contributed by atoms with van der Waals surface area (Å²) in [6.45, 7) is 1.65. The number of halogens is 1. The van der Waals surface area contributed by atoms with Crippen molar-refractivity contribution >= 4 is 30.1 Å². The van der Waals surface area contributed by atoms with Gasteiger partial charge in [-0.05, 0) is 48.2 Å². The van der Waals surface area contributed by atoms with E-state index in [1.54, 1.807) is 67.6 Å². The second-order valence-electron chi connectivity index (χ2n) is 7.55. The molecule has 3 aromatic rings. The van der Waals surface area contributed by atoms with Crippen molar-refractivity contribution in [3.8, 4) is 11.1 Å². The van der Waals surface area contributed by atoms with Crippen LogP contribution in [-0.2, 0) is 11.2 Å². The highest BCUT2D eigenvalue weighted by Crippen LogP contribution is 2.19. The van der Waals surface area contributed by atoms with E-state index in [1.807, 2.05) is 0 Å². The van der Waals surface area contributed by atoms with Crippen LogP contribution in [0.25, 0.3) is 11.1 Å². The van der Waals surface area contributed by atoms with Crippen molar-refractivity contribution in [3.05, 3.63) is 95.0 Å². The Labute approximate surface area is 197 Å². The summed E-state index contributed by atoms with van der Waals surface area (Å²) in [6.07, 6.45) is 2.98. The van der Waals surface area contributed by atoms with Crippen LogP contribution >= 0.6 is 12.4 Å². The normalized spacial score (nSPS) is 12.2. The number of carboxylic acid groups (broad SMARTS) is 1. The summed E-state index contributed by atoms with van der Waals surface area (Å²) in [5.41, 5.74) is 8.85. The molecule has 0 fully saturated rings. The second-order valence-corrected chi connectivity index (χ2v) is 7.55. The predicted molar refractivity (Wildman–Crippen MR) is 127 cm³/mol. The van der Waals surface area contributed by atoms with E-state index in [4.69, 9.17) is 11.1 Å². The van der Waals surface area contributed by atoms with Gasteiger partial charge in [0.05, 0.1) is 5.92 Å². The van der Waals surface area contributed by atoms with Gasteiger partial charge in [-0.15, -0.1) is 12.4 Å². The van der Waals surface area contributed by atoms with E-state index in [0.29, 0.717) is 15.9 Å². The van der Waals surface area contributed by atoms with Crippen LogP contribution in [0.5, 0.6) is 0 Å². The highest BCUT2D eigenvalue weighted by atomic mass is 35.5. The van der Waals surface area contributed by atoms with E-state index in [2.05, 4.69) is 5.32 Å². The molecule has 0 saturated carbocycles. The average molecular weight is 469 g/mol. The SMILES string of the molecule is C[C@@H](NC(=O)c1ccc(-c2cc[n+]([O-])cc2)cc1)[C@@H](Cc1cccc(C(=N)N)c1)C(=O)O.Cl. The van der Waals surface area contributed by atoms with Crippen LogP contribution in [0.15, 0.2) is 73.1 Å². The van der Waals surface area contributed by atoms with Crippen LogP contribution in [0.3, 0.4) is 0 Å². The lowest BCUT2D eigenvalue weighted by Crippen LogP contribution is -2.42. The molecular weight excluding hydrogens is 444 g/mol. The monoisotopic (exact) mass is 468 g/mol. The summed E-state index contributed by atoms with van der Waals surface area (Å²) in [4.78, 5) is 24.5. The number of aliphatic carboxylic acids is 1. The summed E-state index contributed by atoms with van der Waals surface area (Å²) < 4.78 is 0.696. The molecule has 1 aromatic heterocycles. The maximum atomic E-state index is 12.7. The largest absolute Gasteiger partial charge is 0.619 e. The summed E-state index contributed by atoms with van der Waals surface area (Å²) >= 11 is 0. The van der Waals surface area contributed by atoms with Gasteiger partial charge in [0.2, 0.25) is 0 Å². The minimum Gasteiger partial charge on any atom is -0.619 e. The number of rotatable bonds is 8. The predicted octanol–water partition coefficient (Wildman–Crippen LogP) is 2.75. The molecule has 0 aliphatic rings. The quantitative estimate of drug-likeness (QED) is 0.174. The molecule has 33 heavy (non-hydrogen) atoms. The zero-order valence-corrected chi connectivity index (χ0v) is 18.7. The molecule has 1 amide bonds. The van der Waals surface area contributed by atoms with Crippen LogP contribution in [-0.4, -0.2) is 28.9 Å². The molecular formula is C24H25ClN4O4. The van der Waals surface area contributed by atoms with Crippen molar-refractivity contribution in [2.24, 2.45) is 11.7 Å². The first-order chi connectivity index (χ1) is 15.2. The molecule has 0 radical (unpaired) electrons. The van der Waals surface area contributed by atoms with Gasteiger partial charge in [-0.25, -0.2) is 0 Å². The van der Waals surface area contributed by atoms with Gasteiger partial charge >= 0.3 is 5.97 Å². The van der Waals surface area contributed by atoms with E-state index in [9.17, 15) is 19.9 Å². The molecule has 1 heterocycles. The van der Waals surface area contributed by atoms with Gasteiger partial charge in [-0.2, -0.15) is 4.73 Å². The molecule has 0 aliphatic carbocycles. The molecule has 2 atom stereocenters. The minimum atomic E-state index is -1.03. The van der Waals surface area contributed by atoms with E-state index < -0.39 is 17.9 Å². The molecule has 8 nitrogen and oxygen atoms in total. The first-order valence-corrected chi connectivity index (χ1v) is 10.0. The molecule has 2 aromatic carbocycles. The van der Waals surface area contributed by atoms with Crippen molar-refractivity contribution in [1.82, 2.24) is 5.32 Å². The third-order valence-electron chi connectivity index (χ3n) is 5.26. The smallest absolute Gasteiger partial charge is 0.308 e. The highest BCUT2D eigenvalue weighted by Gasteiger charge is 2.27. The van der Waals surface area contributed by atoms with Gasteiger partial charge in [0.1, 0.15) is 5.84 Å². The Morgan fingerprint density at radius 3 is 2.24 bits per heavy atom. The fraction of sp³-hybridized carbons (Fsp3) is 0.167. The zero-order valence-electron chi connectivity index (χ0n) is 17.9. The Hall–Kier alpha value is -3.91. The summed E-state index contributed by atoms with van der Waals surface area (Å²) in [5, 5.41) is 31.2. The van der Waals surface area contributed by atoms with Gasteiger partial charge in [0, 0.05) is 29.3 Å². The second kappa shape index (κ2) is 11.1. The number of nitrogens with one attached hydrogen (secondary N) is 2. The van der Waals surface area contributed by atoms with Gasteiger partial charge in [0.15, 0.2) is 12.4 Å². The number of carbonyl (C=O) groups is 2. The topological polar surface area (TPSA) is 143 Å². The minimum absolute atomic E-state index is 0. The molecule has 3 rings (SSSR count). The molecule has 172 valence electrons. The van der Waals surface area contributed by atoms with Crippen LogP contribution in [0.1, 0.15) is 28.4 Å². The van der Waals surface area contributed by atoms with Crippen molar-refractivity contribution < 1.29 is 19.4 Å². The lowest BCUT2D eigenvalue weighted by atomic mass is 9.92. The van der Waals surface area contributed by atoms with Gasteiger partial charge in [-0.3, -0.25) is 15.0 Å².